The largest absolute Gasteiger partial charge is 0.490 e. The van der Waals surface area contributed by atoms with Crippen molar-refractivity contribution in [2.24, 2.45) is 0 Å². The van der Waals surface area contributed by atoms with Crippen LogP contribution in [-0.4, -0.2) is 59.7 Å². The first-order chi connectivity index (χ1) is 11.4. The first kappa shape index (κ1) is 17.5. The quantitative estimate of drug-likeness (QED) is 0.858. The topological polar surface area (TPSA) is 84.7 Å². The van der Waals surface area contributed by atoms with E-state index in [0.29, 0.717) is 43.2 Å². The lowest BCUT2D eigenvalue weighted by molar-refractivity contribution is 0.137. The lowest BCUT2D eigenvalue weighted by Gasteiger charge is -2.30. The van der Waals surface area contributed by atoms with Crippen molar-refractivity contribution in [3.63, 3.8) is 0 Å². The Bertz CT molecular complexity index is 829. The standard InChI is InChI=1S/C15H20ClN3O4S/c1-24(21,22)18-4-2-12(3-5-18)23-15-9-11(16)8-14-13(15)10-17-19(14)6-7-20/h8-10,12,20H,2-7H2,1H3. The Morgan fingerprint density at radius 1 is 1.38 bits per heavy atom. The zero-order chi connectivity index (χ0) is 17.3. The van der Waals surface area contributed by atoms with Crippen molar-refractivity contribution in [2.45, 2.75) is 25.5 Å². The van der Waals surface area contributed by atoms with Crippen LogP contribution in [0.15, 0.2) is 18.3 Å². The molecule has 2 aromatic rings. The van der Waals surface area contributed by atoms with Crippen molar-refractivity contribution < 1.29 is 18.3 Å². The van der Waals surface area contributed by atoms with Gasteiger partial charge in [0.25, 0.3) is 0 Å². The smallest absolute Gasteiger partial charge is 0.211 e. The summed E-state index contributed by atoms with van der Waals surface area (Å²) < 4.78 is 32.4. The van der Waals surface area contributed by atoms with Crippen molar-refractivity contribution in [3.05, 3.63) is 23.4 Å². The van der Waals surface area contributed by atoms with Gasteiger partial charge in [-0.25, -0.2) is 12.7 Å². The fourth-order valence-corrected chi connectivity index (χ4v) is 4.02. The van der Waals surface area contributed by atoms with Crippen LogP contribution in [0.4, 0.5) is 0 Å². The van der Waals surface area contributed by atoms with E-state index < -0.39 is 10.0 Å². The molecule has 0 amide bonds. The highest BCUT2D eigenvalue weighted by Crippen LogP contribution is 2.32. The van der Waals surface area contributed by atoms with E-state index in [2.05, 4.69) is 5.10 Å². The molecule has 3 rings (SSSR count). The molecule has 1 saturated heterocycles. The molecule has 0 radical (unpaired) electrons. The van der Waals surface area contributed by atoms with Crippen molar-refractivity contribution in [1.82, 2.24) is 14.1 Å². The second-order valence-corrected chi connectivity index (χ2v) is 8.33. The maximum Gasteiger partial charge on any atom is 0.211 e. The molecule has 1 aliphatic heterocycles. The van der Waals surface area contributed by atoms with Gasteiger partial charge in [0.1, 0.15) is 11.9 Å². The Morgan fingerprint density at radius 2 is 2.08 bits per heavy atom. The second-order valence-electron chi connectivity index (χ2n) is 5.91. The van der Waals surface area contributed by atoms with Crippen molar-refractivity contribution in [2.75, 3.05) is 26.0 Å². The molecule has 0 aliphatic carbocycles. The normalized spacial score (nSPS) is 17.5. The molecule has 132 valence electrons. The summed E-state index contributed by atoms with van der Waals surface area (Å²) in [4.78, 5) is 0. The average Bonchev–Trinajstić information content (AvgIpc) is 2.90. The molecule has 0 saturated carbocycles. The number of hydrogen-bond acceptors (Lipinski definition) is 5. The van der Waals surface area contributed by atoms with Crippen LogP contribution in [0.2, 0.25) is 5.02 Å². The number of rotatable bonds is 5. The highest BCUT2D eigenvalue weighted by atomic mass is 35.5. The van der Waals surface area contributed by atoms with Crippen LogP contribution < -0.4 is 4.74 Å². The third-order valence-corrected chi connectivity index (χ3v) is 5.69. The van der Waals surface area contributed by atoms with Gasteiger partial charge in [-0.3, -0.25) is 4.68 Å². The summed E-state index contributed by atoms with van der Waals surface area (Å²) in [6, 6.07) is 3.54. The molecular formula is C15H20ClN3O4S. The van der Waals surface area contributed by atoms with Gasteiger partial charge < -0.3 is 9.84 Å². The molecule has 0 unspecified atom stereocenters. The van der Waals surface area contributed by atoms with Crippen LogP contribution in [0.1, 0.15) is 12.8 Å². The number of hydrogen-bond donors (Lipinski definition) is 1. The number of aliphatic hydroxyl groups is 1. The van der Waals surface area contributed by atoms with Gasteiger partial charge in [0.15, 0.2) is 0 Å². The van der Waals surface area contributed by atoms with E-state index in [1.54, 1.807) is 23.0 Å². The summed E-state index contributed by atoms with van der Waals surface area (Å²) in [5, 5.41) is 14.7. The summed E-state index contributed by atoms with van der Waals surface area (Å²) in [5.41, 5.74) is 0.806. The van der Waals surface area contributed by atoms with Crippen LogP contribution in [0, 0.1) is 0 Å². The Hall–Kier alpha value is -1.35. The number of aromatic nitrogens is 2. The Labute approximate surface area is 145 Å². The second kappa shape index (κ2) is 6.87. The molecule has 9 heteroatoms. The van der Waals surface area contributed by atoms with E-state index >= 15 is 0 Å². The number of piperidine rings is 1. The van der Waals surface area contributed by atoms with Gasteiger partial charge in [0.2, 0.25) is 10.0 Å². The maximum atomic E-state index is 11.6. The number of aliphatic hydroxyl groups excluding tert-OH is 1. The molecule has 0 spiro atoms. The highest BCUT2D eigenvalue weighted by Gasteiger charge is 2.26. The fourth-order valence-electron chi connectivity index (χ4n) is 2.94. The summed E-state index contributed by atoms with van der Waals surface area (Å²) in [5.74, 6) is 0.638. The minimum Gasteiger partial charge on any atom is -0.490 e. The summed E-state index contributed by atoms with van der Waals surface area (Å²) in [7, 11) is -3.15. The zero-order valence-electron chi connectivity index (χ0n) is 13.4. The van der Waals surface area contributed by atoms with E-state index in [9.17, 15) is 8.42 Å². The summed E-state index contributed by atoms with van der Waals surface area (Å²) in [6.45, 7) is 1.29. The highest BCUT2D eigenvalue weighted by molar-refractivity contribution is 7.88. The minimum absolute atomic E-state index is 0.0105. The molecule has 1 N–H and O–H groups in total. The van der Waals surface area contributed by atoms with Crippen LogP contribution in [0.3, 0.4) is 0 Å². The number of halogens is 1. The van der Waals surface area contributed by atoms with Crippen molar-refractivity contribution in [1.29, 1.82) is 0 Å². The van der Waals surface area contributed by atoms with E-state index in [-0.39, 0.29) is 12.7 Å². The Morgan fingerprint density at radius 3 is 2.71 bits per heavy atom. The fraction of sp³-hybridized carbons (Fsp3) is 0.533. The van der Waals surface area contributed by atoms with Crippen LogP contribution in [0.25, 0.3) is 10.9 Å². The number of fused-ring (bicyclic) bond motifs is 1. The molecule has 1 aromatic carbocycles. The molecule has 1 aromatic heterocycles. The Balaban J connectivity index is 1.79. The molecule has 7 nitrogen and oxygen atoms in total. The van der Waals surface area contributed by atoms with Gasteiger partial charge >= 0.3 is 0 Å². The third kappa shape index (κ3) is 3.66. The lowest BCUT2D eigenvalue weighted by atomic mass is 10.1. The van der Waals surface area contributed by atoms with Gasteiger partial charge in [-0.15, -0.1) is 0 Å². The first-order valence-corrected chi connectivity index (χ1v) is 9.99. The predicted octanol–water partition coefficient (Wildman–Crippen LogP) is 1.48. The average molecular weight is 374 g/mol. The number of sulfonamides is 1. The van der Waals surface area contributed by atoms with Crippen LogP contribution in [-0.2, 0) is 16.6 Å². The lowest BCUT2D eigenvalue weighted by Crippen LogP contribution is -2.41. The number of nitrogens with zero attached hydrogens (tertiary/aromatic N) is 3. The van der Waals surface area contributed by atoms with Crippen LogP contribution >= 0.6 is 11.6 Å². The van der Waals surface area contributed by atoms with Crippen molar-refractivity contribution in [3.8, 4) is 5.75 Å². The van der Waals surface area contributed by atoms with Gasteiger partial charge in [0.05, 0.1) is 36.5 Å². The van der Waals surface area contributed by atoms with E-state index in [1.807, 2.05) is 0 Å². The van der Waals surface area contributed by atoms with E-state index in [0.717, 1.165) is 10.9 Å². The summed E-state index contributed by atoms with van der Waals surface area (Å²) in [6.07, 6.45) is 4.12. The maximum absolute atomic E-state index is 11.6. The number of benzene rings is 1. The Kier molecular flexibility index (Phi) is 5.00. The predicted molar refractivity (Wildman–Crippen MR) is 91.9 cm³/mol. The van der Waals surface area contributed by atoms with Crippen molar-refractivity contribution >= 4 is 32.5 Å². The van der Waals surface area contributed by atoms with Gasteiger partial charge in [-0.2, -0.15) is 5.10 Å². The molecule has 0 atom stereocenters. The monoisotopic (exact) mass is 373 g/mol. The van der Waals surface area contributed by atoms with Crippen LogP contribution in [0.5, 0.6) is 5.75 Å². The SMILES string of the molecule is CS(=O)(=O)N1CCC(Oc2cc(Cl)cc3c2cnn3CCO)CC1. The zero-order valence-corrected chi connectivity index (χ0v) is 14.9. The molecule has 2 heterocycles. The summed E-state index contributed by atoms with van der Waals surface area (Å²) >= 11 is 6.18. The molecule has 24 heavy (non-hydrogen) atoms. The van der Waals surface area contributed by atoms with Gasteiger partial charge in [-0.05, 0) is 25.0 Å². The van der Waals surface area contributed by atoms with E-state index in [1.165, 1.54) is 10.6 Å². The molecular weight excluding hydrogens is 354 g/mol. The van der Waals surface area contributed by atoms with E-state index in [4.69, 9.17) is 21.4 Å². The third-order valence-electron chi connectivity index (χ3n) is 4.16. The first-order valence-electron chi connectivity index (χ1n) is 7.76. The molecule has 1 aliphatic rings. The number of ether oxygens (including phenoxy) is 1. The van der Waals surface area contributed by atoms with Gasteiger partial charge in [0, 0.05) is 18.1 Å². The van der Waals surface area contributed by atoms with Gasteiger partial charge in [-0.1, -0.05) is 11.6 Å². The minimum atomic E-state index is -3.15. The molecule has 1 fully saturated rings. The molecule has 0 bridgehead atoms.